The SMILES string of the molecule is COc1cc(C(=O)Nc2ccccc2-c2nc3ncccc3o2)cc(OC)c1OC. The average molecular weight is 405 g/mol. The van der Waals surface area contributed by atoms with Crippen LogP contribution >= 0.6 is 0 Å². The Kier molecular flexibility index (Phi) is 5.21. The van der Waals surface area contributed by atoms with Crippen LogP contribution in [0.5, 0.6) is 17.2 Å². The zero-order chi connectivity index (χ0) is 21.1. The summed E-state index contributed by atoms with van der Waals surface area (Å²) >= 11 is 0. The van der Waals surface area contributed by atoms with Crippen LogP contribution in [0.25, 0.3) is 22.7 Å². The van der Waals surface area contributed by atoms with Gasteiger partial charge in [0.1, 0.15) is 0 Å². The van der Waals surface area contributed by atoms with Crippen LogP contribution < -0.4 is 19.5 Å². The third kappa shape index (κ3) is 3.50. The molecule has 8 nitrogen and oxygen atoms in total. The number of rotatable bonds is 6. The van der Waals surface area contributed by atoms with Crippen LogP contribution in [0.1, 0.15) is 10.4 Å². The molecule has 152 valence electrons. The molecule has 1 N–H and O–H groups in total. The molecule has 0 saturated carbocycles. The van der Waals surface area contributed by atoms with Gasteiger partial charge < -0.3 is 23.9 Å². The minimum atomic E-state index is -0.351. The van der Waals surface area contributed by atoms with E-state index in [4.69, 9.17) is 18.6 Å². The van der Waals surface area contributed by atoms with E-state index in [1.807, 2.05) is 18.2 Å². The number of ether oxygens (including phenoxy) is 3. The van der Waals surface area contributed by atoms with Crippen LogP contribution in [0.2, 0.25) is 0 Å². The summed E-state index contributed by atoms with van der Waals surface area (Å²) in [7, 11) is 4.50. The lowest BCUT2D eigenvalue weighted by Gasteiger charge is -2.14. The Bertz CT molecular complexity index is 1160. The molecular formula is C22H19N3O5. The monoisotopic (exact) mass is 405 g/mol. The molecule has 2 heterocycles. The second-order valence-corrected chi connectivity index (χ2v) is 6.26. The summed E-state index contributed by atoms with van der Waals surface area (Å²) in [6.07, 6.45) is 1.65. The van der Waals surface area contributed by atoms with E-state index in [0.717, 1.165) is 0 Å². The third-order valence-corrected chi connectivity index (χ3v) is 4.50. The molecule has 0 saturated heterocycles. The van der Waals surface area contributed by atoms with Crippen LogP contribution in [0, 0.1) is 0 Å². The van der Waals surface area contributed by atoms with Crippen molar-refractivity contribution < 1.29 is 23.4 Å². The van der Waals surface area contributed by atoms with Crippen molar-refractivity contribution in [3.05, 3.63) is 60.3 Å². The van der Waals surface area contributed by atoms with E-state index < -0.39 is 0 Å². The summed E-state index contributed by atoms with van der Waals surface area (Å²) in [6.45, 7) is 0. The van der Waals surface area contributed by atoms with Crippen molar-refractivity contribution >= 4 is 22.8 Å². The van der Waals surface area contributed by atoms with E-state index in [2.05, 4.69) is 15.3 Å². The standard InChI is InChI=1S/C22H19N3O5/c1-27-17-11-13(12-18(28-2)19(17)29-3)21(26)24-15-8-5-4-7-14(15)22-25-20-16(30-22)9-6-10-23-20/h4-12H,1-3H3,(H,24,26). The highest BCUT2D eigenvalue weighted by atomic mass is 16.5. The van der Waals surface area contributed by atoms with E-state index in [9.17, 15) is 4.79 Å². The van der Waals surface area contributed by atoms with Gasteiger partial charge in [0.05, 0.1) is 32.6 Å². The largest absolute Gasteiger partial charge is 0.493 e. The van der Waals surface area contributed by atoms with E-state index in [-0.39, 0.29) is 5.91 Å². The topological polar surface area (TPSA) is 95.7 Å². The number of para-hydroxylation sites is 1. The summed E-state index contributed by atoms with van der Waals surface area (Å²) in [4.78, 5) is 21.6. The number of carbonyl (C=O) groups excluding carboxylic acids is 1. The van der Waals surface area contributed by atoms with Gasteiger partial charge in [0, 0.05) is 11.8 Å². The Morgan fingerprint density at radius 2 is 1.70 bits per heavy atom. The number of hydrogen-bond donors (Lipinski definition) is 1. The molecule has 0 bridgehead atoms. The molecule has 4 rings (SSSR count). The number of methoxy groups -OCH3 is 3. The Labute approximate surface area is 172 Å². The summed E-state index contributed by atoms with van der Waals surface area (Å²) in [6, 6.07) is 14.0. The Balaban J connectivity index is 1.69. The molecule has 0 aliphatic rings. The number of fused-ring (bicyclic) bond motifs is 1. The number of amides is 1. The number of hydrogen-bond acceptors (Lipinski definition) is 7. The van der Waals surface area contributed by atoms with Crippen LogP contribution in [0.4, 0.5) is 5.69 Å². The predicted molar refractivity (Wildman–Crippen MR) is 111 cm³/mol. The molecule has 0 aliphatic heterocycles. The normalized spacial score (nSPS) is 10.6. The molecule has 2 aromatic carbocycles. The molecule has 2 aromatic heterocycles. The first-order valence-corrected chi connectivity index (χ1v) is 9.07. The van der Waals surface area contributed by atoms with Gasteiger partial charge in [-0.2, -0.15) is 4.98 Å². The van der Waals surface area contributed by atoms with Crippen LogP contribution in [-0.2, 0) is 0 Å². The van der Waals surface area contributed by atoms with Gasteiger partial charge >= 0.3 is 0 Å². The molecule has 0 aliphatic carbocycles. The second-order valence-electron chi connectivity index (χ2n) is 6.26. The van der Waals surface area contributed by atoms with Gasteiger partial charge in [-0.15, -0.1) is 0 Å². The lowest BCUT2D eigenvalue weighted by molar-refractivity contribution is 0.102. The van der Waals surface area contributed by atoms with Crippen LogP contribution in [-0.4, -0.2) is 37.2 Å². The fourth-order valence-electron chi connectivity index (χ4n) is 3.07. The first kappa shape index (κ1) is 19.3. The van der Waals surface area contributed by atoms with Crippen molar-refractivity contribution in [2.75, 3.05) is 26.6 Å². The third-order valence-electron chi connectivity index (χ3n) is 4.50. The average Bonchev–Trinajstić information content (AvgIpc) is 3.22. The first-order valence-electron chi connectivity index (χ1n) is 9.07. The fourth-order valence-corrected chi connectivity index (χ4v) is 3.07. The summed E-state index contributed by atoms with van der Waals surface area (Å²) in [5.41, 5.74) is 2.59. The summed E-state index contributed by atoms with van der Waals surface area (Å²) < 4.78 is 21.8. The number of oxazole rings is 1. The van der Waals surface area contributed by atoms with Gasteiger partial charge in [-0.1, -0.05) is 12.1 Å². The Hall–Kier alpha value is -4.07. The maximum atomic E-state index is 13.0. The number of anilines is 1. The fraction of sp³-hybridized carbons (Fsp3) is 0.136. The smallest absolute Gasteiger partial charge is 0.255 e. The van der Waals surface area contributed by atoms with E-state index >= 15 is 0 Å². The van der Waals surface area contributed by atoms with Crippen LogP contribution in [0.3, 0.4) is 0 Å². The van der Waals surface area contributed by atoms with Gasteiger partial charge in [-0.25, -0.2) is 4.98 Å². The zero-order valence-electron chi connectivity index (χ0n) is 16.6. The molecule has 1 amide bonds. The quantitative estimate of drug-likeness (QED) is 0.514. The maximum absolute atomic E-state index is 13.0. The lowest BCUT2D eigenvalue weighted by atomic mass is 10.1. The van der Waals surface area contributed by atoms with E-state index in [1.165, 1.54) is 21.3 Å². The molecule has 4 aromatic rings. The highest BCUT2D eigenvalue weighted by Crippen LogP contribution is 2.38. The minimum Gasteiger partial charge on any atom is -0.493 e. The van der Waals surface area contributed by atoms with E-state index in [0.29, 0.717) is 51.2 Å². The van der Waals surface area contributed by atoms with Gasteiger partial charge in [0.25, 0.3) is 5.91 Å². The van der Waals surface area contributed by atoms with Crippen molar-refractivity contribution in [3.8, 4) is 28.7 Å². The molecule has 0 fully saturated rings. The number of pyridine rings is 1. The Morgan fingerprint density at radius 3 is 2.37 bits per heavy atom. The highest BCUT2D eigenvalue weighted by molar-refractivity contribution is 6.06. The molecule has 0 radical (unpaired) electrons. The number of benzene rings is 2. The van der Waals surface area contributed by atoms with Gasteiger partial charge in [0.15, 0.2) is 22.7 Å². The summed E-state index contributed by atoms with van der Waals surface area (Å²) in [5.74, 6) is 1.21. The Morgan fingerprint density at radius 1 is 0.967 bits per heavy atom. The molecule has 0 atom stereocenters. The van der Waals surface area contributed by atoms with Crippen molar-refractivity contribution in [1.82, 2.24) is 9.97 Å². The number of nitrogens with zero attached hydrogens (tertiary/aromatic N) is 2. The highest BCUT2D eigenvalue weighted by Gasteiger charge is 2.19. The van der Waals surface area contributed by atoms with Gasteiger partial charge in [-0.3, -0.25) is 4.79 Å². The first-order chi connectivity index (χ1) is 14.6. The lowest BCUT2D eigenvalue weighted by Crippen LogP contribution is -2.13. The second kappa shape index (κ2) is 8.12. The van der Waals surface area contributed by atoms with Crippen molar-refractivity contribution in [1.29, 1.82) is 0 Å². The molecule has 30 heavy (non-hydrogen) atoms. The molecular weight excluding hydrogens is 386 g/mol. The van der Waals surface area contributed by atoms with E-state index in [1.54, 1.807) is 36.5 Å². The van der Waals surface area contributed by atoms with Gasteiger partial charge in [-0.05, 0) is 36.4 Å². The summed E-state index contributed by atoms with van der Waals surface area (Å²) in [5, 5.41) is 2.90. The zero-order valence-corrected chi connectivity index (χ0v) is 16.6. The number of carbonyl (C=O) groups is 1. The molecule has 8 heteroatoms. The predicted octanol–water partition coefficient (Wildman–Crippen LogP) is 4.17. The van der Waals surface area contributed by atoms with Gasteiger partial charge in [0.2, 0.25) is 11.6 Å². The van der Waals surface area contributed by atoms with Crippen molar-refractivity contribution in [3.63, 3.8) is 0 Å². The van der Waals surface area contributed by atoms with Crippen LogP contribution in [0.15, 0.2) is 59.1 Å². The molecule has 0 spiro atoms. The maximum Gasteiger partial charge on any atom is 0.255 e. The van der Waals surface area contributed by atoms with Crippen molar-refractivity contribution in [2.45, 2.75) is 0 Å². The van der Waals surface area contributed by atoms with Crippen molar-refractivity contribution in [2.24, 2.45) is 0 Å². The number of aromatic nitrogens is 2. The number of nitrogens with one attached hydrogen (secondary N) is 1. The minimum absolute atomic E-state index is 0.346. The molecule has 0 unspecified atom stereocenters.